The van der Waals surface area contributed by atoms with Gasteiger partial charge in [-0.2, -0.15) is 0 Å². The molecule has 0 saturated heterocycles. The molecule has 0 spiro atoms. The van der Waals surface area contributed by atoms with Crippen LogP contribution in [-0.2, 0) is 17.8 Å². The first kappa shape index (κ1) is 17.8. The van der Waals surface area contributed by atoms with E-state index in [4.69, 9.17) is 0 Å². The number of aromatic carboxylic acids is 1. The summed E-state index contributed by atoms with van der Waals surface area (Å²) in [6.07, 6.45) is 1.26. The van der Waals surface area contributed by atoms with Crippen LogP contribution in [-0.4, -0.2) is 26.5 Å². The van der Waals surface area contributed by atoms with Crippen molar-refractivity contribution in [2.75, 3.05) is 5.32 Å². The minimum Gasteiger partial charge on any atom is -0.478 e. The van der Waals surface area contributed by atoms with Crippen LogP contribution in [0.3, 0.4) is 0 Å². The van der Waals surface area contributed by atoms with Crippen LogP contribution in [0.5, 0.6) is 0 Å². The zero-order chi connectivity index (χ0) is 18.7. The molecule has 2 aromatic heterocycles. The Balaban J connectivity index is 2.02. The maximum atomic E-state index is 12.9. The van der Waals surface area contributed by atoms with E-state index in [0.717, 1.165) is 17.8 Å². The summed E-state index contributed by atoms with van der Waals surface area (Å²) in [6.45, 7) is 1.72. The number of nitrogens with zero attached hydrogens (tertiary/aromatic N) is 2. The Bertz CT molecular complexity index is 1020. The van der Waals surface area contributed by atoms with Crippen LogP contribution in [0.15, 0.2) is 40.5 Å². The van der Waals surface area contributed by atoms with Crippen molar-refractivity contribution in [3.05, 3.63) is 57.5 Å². The molecule has 0 atom stereocenters. The lowest BCUT2D eigenvalue weighted by Gasteiger charge is -2.12. The highest BCUT2D eigenvalue weighted by Gasteiger charge is 2.20. The molecule has 134 valence electrons. The SMILES string of the molecule is CCCc1nc2scc(C(=O)O)c2c(=O)n1CC(=O)Nc1ccccc1. The predicted molar refractivity (Wildman–Crippen MR) is 99.9 cm³/mol. The number of hydrogen-bond donors (Lipinski definition) is 2. The molecule has 3 rings (SSSR count). The third-order valence-corrected chi connectivity index (χ3v) is 4.71. The van der Waals surface area contributed by atoms with Crippen LogP contribution in [0.25, 0.3) is 10.2 Å². The largest absolute Gasteiger partial charge is 0.478 e. The van der Waals surface area contributed by atoms with Crippen molar-refractivity contribution < 1.29 is 14.7 Å². The molecule has 7 nitrogen and oxygen atoms in total. The Morgan fingerprint density at radius 3 is 2.65 bits per heavy atom. The fourth-order valence-corrected chi connectivity index (χ4v) is 3.59. The Kier molecular flexibility index (Phi) is 5.13. The zero-order valence-corrected chi connectivity index (χ0v) is 14.9. The van der Waals surface area contributed by atoms with E-state index in [1.54, 1.807) is 24.3 Å². The van der Waals surface area contributed by atoms with Crippen LogP contribution in [0, 0.1) is 0 Å². The Morgan fingerprint density at radius 1 is 1.27 bits per heavy atom. The molecule has 0 fully saturated rings. The average molecular weight is 371 g/mol. The maximum Gasteiger partial charge on any atom is 0.337 e. The first-order valence-electron chi connectivity index (χ1n) is 8.10. The van der Waals surface area contributed by atoms with Crippen LogP contribution in [0.2, 0.25) is 0 Å². The molecule has 0 bridgehead atoms. The summed E-state index contributed by atoms with van der Waals surface area (Å²) in [5.41, 5.74) is 0.0430. The number of rotatable bonds is 6. The van der Waals surface area contributed by atoms with Crippen molar-refractivity contribution >= 4 is 39.1 Å². The Morgan fingerprint density at radius 2 is 2.00 bits per heavy atom. The Labute approximate surface area is 152 Å². The second-order valence-electron chi connectivity index (χ2n) is 5.72. The van der Waals surface area contributed by atoms with Gasteiger partial charge in [-0.25, -0.2) is 9.78 Å². The molecule has 0 aliphatic carbocycles. The first-order chi connectivity index (χ1) is 12.5. The molecule has 1 amide bonds. The summed E-state index contributed by atoms with van der Waals surface area (Å²) in [6, 6.07) is 8.92. The molecule has 2 heterocycles. The molecule has 0 aliphatic heterocycles. The van der Waals surface area contributed by atoms with E-state index in [-0.39, 0.29) is 23.4 Å². The maximum absolute atomic E-state index is 12.9. The van der Waals surface area contributed by atoms with Crippen LogP contribution < -0.4 is 10.9 Å². The summed E-state index contributed by atoms with van der Waals surface area (Å²) >= 11 is 1.12. The molecule has 2 N–H and O–H groups in total. The number of anilines is 1. The third-order valence-electron chi connectivity index (χ3n) is 3.84. The van der Waals surface area contributed by atoms with Crippen LogP contribution in [0.4, 0.5) is 5.69 Å². The number of nitrogens with one attached hydrogen (secondary N) is 1. The lowest BCUT2D eigenvalue weighted by atomic mass is 10.2. The number of benzene rings is 1. The standard InChI is InChI=1S/C18H17N3O4S/c1-2-6-13-20-16-15(12(10-26-16)18(24)25)17(23)21(13)9-14(22)19-11-7-4-3-5-8-11/h3-5,7-8,10H,2,6,9H2,1H3,(H,19,22)(H,24,25). The molecule has 3 aromatic rings. The molecule has 0 unspecified atom stereocenters. The van der Waals surface area contributed by atoms with Gasteiger partial charge in [0.05, 0.1) is 10.9 Å². The number of carboxylic acids is 1. The lowest BCUT2D eigenvalue weighted by molar-refractivity contribution is -0.116. The molecule has 0 saturated carbocycles. The van der Waals surface area contributed by atoms with Gasteiger partial charge in [0.1, 0.15) is 17.2 Å². The predicted octanol–water partition coefficient (Wildman–Crippen LogP) is 2.75. The monoisotopic (exact) mass is 371 g/mol. The second-order valence-corrected chi connectivity index (χ2v) is 6.58. The number of hydrogen-bond acceptors (Lipinski definition) is 5. The summed E-state index contributed by atoms with van der Waals surface area (Å²) in [7, 11) is 0. The fraction of sp³-hybridized carbons (Fsp3) is 0.222. The van der Waals surface area contributed by atoms with Gasteiger partial charge in [-0.3, -0.25) is 14.2 Å². The quantitative estimate of drug-likeness (QED) is 0.694. The van der Waals surface area contributed by atoms with Crippen molar-refractivity contribution in [1.82, 2.24) is 9.55 Å². The van der Waals surface area contributed by atoms with Gasteiger partial charge in [-0.05, 0) is 18.6 Å². The third kappa shape index (κ3) is 3.50. The van der Waals surface area contributed by atoms with Crippen molar-refractivity contribution in [2.45, 2.75) is 26.3 Å². The summed E-state index contributed by atoms with van der Waals surface area (Å²) < 4.78 is 1.27. The molecular formula is C18H17N3O4S. The number of aromatic nitrogens is 2. The number of carbonyl (C=O) groups is 2. The fourth-order valence-electron chi connectivity index (χ4n) is 2.67. The van der Waals surface area contributed by atoms with E-state index in [1.807, 2.05) is 13.0 Å². The van der Waals surface area contributed by atoms with E-state index in [9.17, 15) is 19.5 Å². The van der Waals surface area contributed by atoms with Crippen molar-refractivity contribution in [1.29, 1.82) is 0 Å². The number of thiophene rings is 1. The number of aryl methyl sites for hydroxylation is 1. The smallest absolute Gasteiger partial charge is 0.337 e. The van der Waals surface area contributed by atoms with Crippen molar-refractivity contribution in [3.8, 4) is 0 Å². The van der Waals surface area contributed by atoms with Crippen LogP contribution >= 0.6 is 11.3 Å². The Hall–Kier alpha value is -3.00. The minimum absolute atomic E-state index is 0.0508. The van der Waals surface area contributed by atoms with E-state index in [0.29, 0.717) is 22.8 Å². The van der Waals surface area contributed by atoms with Gasteiger partial charge >= 0.3 is 5.97 Å². The van der Waals surface area contributed by atoms with E-state index in [1.165, 1.54) is 9.95 Å². The van der Waals surface area contributed by atoms with Crippen LogP contribution in [0.1, 0.15) is 29.5 Å². The molecule has 8 heteroatoms. The molecule has 0 radical (unpaired) electrons. The summed E-state index contributed by atoms with van der Waals surface area (Å²) in [5, 5.41) is 13.5. The number of amides is 1. The number of carbonyl (C=O) groups excluding carboxylic acids is 1. The minimum atomic E-state index is -1.18. The number of fused-ring (bicyclic) bond motifs is 1. The molecular weight excluding hydrogens is 354 g/mol. The number of para-hydroxylation sites is 1. The lowest BCUT2D eigenvalue weighted by Crippen LogP contribution is -2.31. The van der Waals surface area contributed by atoms with Crippen molar-refractivity contribution in [3.63, 3.8) is 0 Å². The highest BCUT2D eigenvalue weighted by Crippen LogP contribution is 2.22. The van der Waals surface area contributed by atoms with E-state index >= 15 is 0 Å². The van der Waals surface area contributed by atoms with Gasteiger partial charge in [0.2, 0.25) is 5.91 Å². The van der Waals surface area contributed by atoms with Gasteiger partial charge in [-0.15, -0.1) is 11.3 Å². The molecule has 0 aliphatic rings. The van der Waals surface area contributed by atoms with Crippen molar-refractivity contribution in [2.24, 2.45) is 0 Å². The van der Waals surface area contributed by atoms with Gasteiger partial charge in [0.25, 0.3) is 5.56 Å². The highest BCUT2D eigenvalue weighted by molar-refractivity contribution is 7.17. The van der Waals surface area contributed by atoms with E-state index < -0.39 is 11.5 Å². The normalized spacial score (nSPS) is 10.8. The molecule has 1 aromatic carbocycles. The average Bonchev–Trinajstić information content (AvgIpc) is 3.04. The second kappa shape index (κ2) is 7.49. The number of carboxylic acid groups (broad SMARTS) is 1. The highest BCUT2D eigenvalue weighted by atomic mass is 32.1. The zero-order valence-electron chi connectivity index (χ0n) is 14.1. The van der Waals surface area contributed by atoms with Gasteiger partial charge in [0.15, 0.2) is 0 Å². The van der Waals surface area contributed by atoms with Gasteiger partial charge in [-0.1, -0.05) is 25.1 Å². The van der Waals surface area contributed by atoms with Gasteiger partial charge < -0.3 is 10.4 Å². The molecule has 26 heavy (non-hydrogen) atoms. The van der Waals surface area contributed by atoms with Gasteiger partial charge in [0, 0.05) is 17.5 Å². The van der Waals surface area contributed by atoms with E-state index in [2.05, 4.69) is 10.3 Å². The topological polar surface area (TPSA) is 101 Å². The first-order valence-corrected chi connectivity index (χ1v) is 8.98. The summed E-state index contributed by atoms with van der Waals surface area (Å²) in [5.74, 6) is -1.07. The summed E-state index contributed by atoms with van der Waals surface area (Å²) in [4.78, 5) is 41.4.